The number of carbonyl (C=O) groups is 2. The number of hydrogen-bond donors (Lipinski definition) is 2. The van der Waals surface area contributed by atoms with E-state index < -0.39 is 24.4 Å². The summed E-state index contributed by atoms with van der Waals surface area (Å²) in [5.41, 5.74) is 7.06. The number of carbonyl (C=O) groups excluding carboxylic acids is 2. The zero-order chi connectivity index (χ0) is 16.7. The Morgan fingerprint density at radius 1 is 1.45 bits per heavy atom. The van der Waals surface area contributed by atoms with Gasteiger partial charge in [0.15, 0.2) is 6.61 Å². The van der Waals surface area contributed by atoms with Crippen molar-refractivity contribution in [3.63, 3.8) is 0 Å². The van der Waals surface area contributed by atoms with E-state index in [2.05, 4.69) is 10.5 Å². The van der Waals surface area contributed by atoms with E-state index in [4.69, 9.17) is 15.0 Å². The molecule has 0 aliphatic rings. The number of amides is 2. The van der Waals surface area contributed by atoms with Gasteiger partial charge < -0.3 is 14.8 Å². The highest BCUT2D eigenvalue weighted by molar-refractivity contribution is 5.92. The minimum atomic E-state index is -0.712. The van der Waals surface area contributed by atoms with Crippen molar-refractivity contribution < 1.29 is 23.5 Å². The fourth-order valence-electron chi connectivity index (χ4n) is 1.53. The summed E-state index contributed by atoms with van der Waals surface area (Å²) in [6.07, 6.45) is -0.311. The number of ether oxygens (including phenoxy) is 2. The predicted octanol–water partition coefficient (Wildman–Crippen LogP) is 2.25. The Bertz CT molecular complexity index is 565. The molecule has 9 heteroatoms. The highest BCUT2D eigenvalue weighted by Crippen LogP contribution is 2.29. The summed E-state index contributed by atoms with van der Waals surface area (Å²) < 4.78 is 23.4. The summed E-state index contributed by atoms with van der Waals surface area (Å²) in [4.78, 5) is 23.1. The van der Waals surface area contributed by atoms with Crippen LogP contribution in [0.2, 0.25) is 0 Å². The molecule has 0 radical (unpaired) electrons. The zero-order valence-electron chi connectivity index (χ0n) is 12.4. The number of halogens is 1. The molecular formula is C13H17FN4O4. The number of benzene rings is 1. The van der Waals surface area contributed by atoms with Crippen LogP contribution in [0.1, 0.15) is 13.8 Å². The minimum absolute atomic E-state index is 0.0214. The van der Waals surface area contributed by atoms with Crippen LogP contribution in [0.15, 0.2) is 23.4 Å². The van der Waals surface area contributed by atoms with E-state index in [0.717, 1.165) is 12.1 Å². The van der Waals surface area contributed by atoms with E-state index in [-0.39, 0.29) is 17.5 Å². The molecule has 0 aromatic heterocycles. The van der Waals surface area contributed by atoms with Gasteiger partial charge in [0, 0.05) is 13.1 Å². The fourth-order valence-corrected chi connectivity index (χ4v) is 1.53. The fraction of sp³-hybridized carbons (Fsp3) is 0.385. The van der Waals surface area contributed by atoms with Crippen LogP contribution >= 0.6 is 0 Å². The van der Waals surface area contributed by atoms with Crippen LogP contribution in [0.5, 0.6) is 5.75 Å². The molecule has 120 valence electrons. The maximum absolute atomic E-state index is 13.3. The van der Waals surface area contributed by atoms with Crippen molar-refractivity contribution in [1.29, 1.82) is 5.53 Å². The predicted molar refractivity (Wildman–Crippen MR) is 75.2 cm³/mol. The number of urea groups is 1. The first kappa shape index (κ1) is 17.3. The molecule has 2 N–H and O–H groups in total. The van der Waals surface area contributed by atoms with Gasteiger partial charge in [0.25, 0.3) is 0 Å². The number of anilines is 1. The highest BCUT2D eigenvalue weighted by Gasteiger charge is 2.20. The summed E-state index contributed by atoms with van der Waals surface area (Å²) in [5, 5.41) is 6.00. The van der Waals surface area contributed by atoms with Crippen molar-refractivity contribution in [2.75, 3.05) is 18.7 Å². The largest absolute Gasteiger partial charge is 0.480 e. The molecule has 1 aromatic carbocycles. The summed E-state index contributed by atoms with van der Waals surface area (Å²) in [6, 6.07) is 2.57. The smallest absolute Gasteiger partial charge is 0.344 e. The van der Waals surface area contributed by atoms with Crippen LogP contribution < -0.4 is 15.1 Å². The van der Waals surface area contributed by atoms with Crippen LogP contribution in [0.25, 0.3) is 0 Å². The second-order valence-corrected chi connectivity index (χ2v) is 4.41. The van der Waals surface area contributed by atoms with Crippen molar-refractivity contribution in [2.24, 2.45) is 5.22 Å². The topological polar surface area (TPSA) is 104 Å². The SMILES string of the molecule is CNC(=O)N(N=N)c1ccc(F)cc1OCC(=O)OC(C)C. The quantitative estimate of drug-likeness (QED) is 0.477. The summed E-state index contributed by atoms with van der Waals surface area (Å²) >= 11 is 0. The van der Waals surface area contributed by atoms with Crippen LogP contribution in [0.3, 0.4) is 0 Å². The van der Waals surface area contributed by atoms with Gasteiger partial charge in [0.2, 0.25) is 0 Å². The molecule has 0 aliphatic carbocycles. The number of rotatable bonds is 6. The molecule has 0 heterocycles. The zero-order valence-corrected chi connectivity index (χ0v) is 12.4. The van der Waals surface area contributed by atoms with Crippen molar-refractivity contribution in [2.45, 2.75) is 20.0 Å². The van der Waals surface area contributed by atoms with Gasteiger partial charge in [-0.1, -0.05) is 5.22 Å². The molecule has 0 saturated heterocycles. The van der Waals surface area contributed by atoms with Gasteiger partial charge in [-0.25, -0.2) is 14.0 Å². The van der Waals surface area contributed by atoms with E-state index in [1.54, 1.807) is 13.8 Å². The Balaban J connectivity index is 2.98. The molecule has 22 heavy (non-hydrogen) atoms. The Morgan fingerprint density at radius 3 is 2.68 bits per heavy atom. The van der Waals surface area contributed by atoms with Gasteiger partial charge in [-0.2, -0.15) is 10.5 Å². The Labute approximate surface area is 126 Å². The van der Waals surface area contributed by atoms with Crippen molar-refractivity contribution in [3.05, 3.63) is 24.0 Å². The van der Waals surface area contributed by atoms with Gasteiger partial charge in [0.05, 0.1) is 6.10 Å². The van der Waals surface area contributed by atoms with E-state index in [9.17, 15) is 14.0 Å². The number of esters is 1. The molecule has 0 unspecified atom stereocenters. The third kappa shape index (κ3) is 4.69. The second-order valence-electron chi connectivity index (χ2n) is 4.41. The average Bonchev–Trinajstić information content (AvgIpc) is 2.46. The molecule has 1 rings (SSSR count). The Morgan fingerprint density at radius 2 is 2.14 bits per heavy atom. The molecule has 0 aliphatic heterocycles. The molecule has 0 atom stereocenters. The maximum atomic E-state index is 13.3. The average molecular weight is 312 g/mol. The minimum Gasteiger partial charge on any atom is -0.480 e. The maximum Gasteiger partial charge on any atom is 0.344 e. The van der Waals surface area contributed by atoms with Gasteiger partial charge in [-0.15, -0.1) is 0 Å². The van der Waals surface area contributed by atoms with E-state index in [1.165, 1.54) is 13.1 Å². The lowest BCUT2D eigenvalue weighted by atomic mass is 10.2. The standard InChI is InChI=1S/C13H17FN4O4/c1-8(2)22-12(19)7-21-11-6-9(14)4-5-10(11)18(17-15)13(20)16-3/h4-6,8,15H,7H2,1-3H3,(H,16,20). The first-order chi connectivity index (χ1) is 10.4. The summed E-state index contributed by atoms with van der Waals surface area (Å²) in [5.74, 6) is -1.38. The Kier molecular flexibility index (Phi) is 6.24. The summed E-state index contributed by atoms with van der Waals surface area (Å²) in [6.45, 7) is 2.89. The van der Waals surface area contributed by atoms with Crippen molar-refractivity contribution in [1.82, 2.24) is 5.32 Å². The molecule has 0 fully saturated rings. The van der Waals surface area contributed by atoms with Gasteiger partial charge >= 0.3 is 12.0 Å². The van der Waals surface area contributed by atoms with Crippen LogP contribution in [-0.4, -0.2) is 31.8 Å². The third-order valence-electron chi connectivity index (χ3n) is 2.37. The van der Waals surface area contributed by atoms with Gasteiger partial charge in [-0.05, 0) is 26.0 Å². The molecule has 0 bridgehead atoms. The highest BCUT2D eigenvalue weighted by atomic mass is 19.1. The molecule has 1 aromatic rings. The van der Waals surface area contributed by atoms with Crippen LogP contribution in [0, 0.1) is 11.3 Å². The lowest BCUT2D eigenvalue weighted by Crippen LogP contribution is -2.34. The number of nitrogens with zero attached hydrogens (tertiary/aromatic N) is 2. The lowest BCUT2D eigenvalue weighted by Gasteiger charge is -2.18. The molecule has 2 amide bonds. The van der Waals surface area contributed by atoms with Crippen molar-refractivity contribution >= 4 is 17.7 Å². The van der Waals surface area contributed by atoms with Gasteiger partial charge in [0.1, 0.15) is 17.3 Å². The van der Waals surface area contributed by atoms with E-state index in [0.29, 0.717) is 5.01 Å². The molecule has 0 saturated carbocycles. The lowest BCUT2D eigenvalue weighted by molar-refractivity contribution is -0.149. The van der Waals surface area contributed by atoms with Crippen LogP contribution in [-0.2, 0) is 9.53 Å². The Hall–Kier alpha value is -2.71. The number of hydrogen-bond acceptors (Lipinski definition) is 6. The third-order valence-corrected chi connectivity index (χ3v) is 2.37. The van der Waals surface area contributed by atoms with Crippen LogP contribution in [0.4, 0.5) is 14.9 Å². The normalized spacial score (nSPS) is 10.0. The van der Waals surface area contributed by atoms with E-state index >= 15 is 0 Å². The van der Waals surface area contributed by atoms with Gasteiger partial charge in [-0.3, -0.25) is 0 Å². The second kappa shape index (κ2) is 7.91. The molecule has 8 nitrogen and oxygen atoms in total. The first-order valence-corrected chi connectivity index (χ1v) is 6.40. The monoisotopic (exact) mass is 312 g/mol. The molecule has 0 spiro atoms. The molecular weight excluding hydrogens is 295 g/mol. The summed E-state index contributed by atoms with van der Waals surface area (Å²) in [7, 11) is 1.35. The van der Waals surface area contributed by atoms with Crippen molar-refractivity contribution in [3.8, 4) is 5.75 Å². The van der Waals surface area contributed by atoms with E-state index in [1.807, 2.05) is 0 Å². The number of nitrogens with one attached hydrogen (secondary N) is 2. The first-order valence-electron chi connectivity index (χ1n) is 6.40.